The van der Waals surface area contributed by atoms with Gasteiger partial charge in [0, 0.05) is 32.3 Å². The molecule has 0 aromatic carbocycles. The van der Waals surface area contributed by atoms with Crippen LogP contribution in [0.5, 0.6) is 0 Å². The van der Waals surface area contributed by atoms with Gasteiger partial charge < -0.3 is 10.1 Å². The van der Waals surface area contributed by atoms with Crippen LogP contribution in [0.2, 0.25) is 0 Å². The number of hydrogen-bond donors (Lipinski definition) is 1. The second-order valence-electron chi connectivity index (χ2n) is 5.28. The van der Waals surface area contributed by atoms with E-state index in [4.69, 9.17) is 4.74 Å². The molecule has 1 saturated heterocycles. The highest BCUT2D eigenvalue weighted by Crippen LogP contribution is 2.18. The van der Waals surface area contributed by atoms with Gasteiger partial charge in [-0.1, -0.05) is 20.8 Å². The maximum Gasteiger partial charge on any atom is 0.0589 e. The molecule has 1 fully saturated rings. The molecule has 0 amide bonds. The molecule has 2 atom stereocenters. The summed E-state index contributed by atoms with van der Waals surface area (Å²) in [6.07, 6.45) is 3.80. The molecule has 0 bridgehead atoms. The van der Waals surface area contributed by atoms with Gasteiger partial charge in [0.2, 0.25) is 0 Å². The Kier molecular flexibility index (Phi) is 7.09. The summed E-state index contributed by atoms with van der Waals surface area (Å²) >= 11 is 0. The third-order valence-electron chi connectivity index (χ3n) is 4.17. The first-order chi connectivity index (χ1) is 8.22. The van der Waals surface area contributed by atoms with Crippen LogP contribution in [0.3, 0.4) is 0 Å². The third-order valence-corrected chi connectivity index (χ3v) is 4.17. The fourth-order valence-corrected chi connectivity index (χ4v) is 2.83. The molecule has 1 aliphatic heterocycles. The largest absolute Gasteiger partial charge is 0.383 e. The van der Waals surface area contributed by atoms with Gasteiger partial charge in [-0.05, 0) is 31.7 Å². The van der Waals surface area contributed by atoms with E-state index in [0.717, 1.165) is 19.1 Å². The molecule has 1 rings (SSSR count). The molecule has 0 aromatic heterocycles. The summed E-state index contributed by atoms with van der Waals surface area (Å²) < 4.78 is 5.24. The quantitative estimate of drug-likeness (QED) is 0.705. The smallest absolute Gasteiger partial charge is 0.0589 e. The van der Waals surface area contributed by atoms with Crippen LogP contribution in [0.15, 0.2) is 0 Å². The number of nitrogens with zero attached hydrogens (tertiary/aromatic N) is 1. The summed E-state index contributed by atoms with van der Waals surface area (Å²) in [5, 5.41) is 3.63. The van der Waals surface area contributed by atoms with Crippen molar-refractivity contribution in [3.05, 3.63) is 0 Å². The van der Waals surface area contributed by atoms with E-state index in [1.165, 1.54) is 32.4 Å². The van der Waals surface area contributed by atoms with Gasteiger partial charge in [-0.3, -0.25) is 4.90 Å². The van der Waals surface area contributed by atoms with Gasteiger partial charge in [0.25, 0.3) is 0 Å². The molecule has 3 heteroatoms. The van der Waals surface area contributed by atoms with Crippen molar-refractivity contribution in [2.24, 2.45) is 5.92 Å². The average molecular weight is 242 g/mol. The molecule has 2 unspecified atom stereocenters. The molecule has 0 aromatic rings. The Balaban J connectivity index is 2.49. The minimum atomic E-state index is 0.674. The summed E-state index contributed by atoms with van der Waals surface area (Å²) in [5.74, 6) is 0.814. The Morgan fingerprint density at radius 1 is 1.35 bits per heavy atom. The zero-order chi connectivity index (χ0) is 12.7. The first-order valence-corrected chi connectivity index (χ1v) is 7.19. The van der Waals surface area contributed by atoms with Crippen molar-refractivity contribution < 1.29 is 4.74 Å². The second-order valence-corrected chi connectivity index (χ2v) is 5.28. The lowest BCUT2D eigenvalue weighted by Gasteiger charge is -2.33. The van der Waals surface area contributed by atoms with Crippen LogP contribution in [-0.2, 0) is 4.74 Å². The number of ether oxygens (including phenoxy) is 1. The first-order valence-electron chi connectivity index (χ1n) is 7.19. The number of rotatable bonds is 8. The third kappa shape index (κ3) is 4.57. The summed E-state index contributed by atoms with van der Waals surface area (Å²) in [4.78, 5) is 2.61. The number of nitrogens with one attached hydrogen (secondary N) is 1. The van der Waals surface area contributed by atoms with E-state index in [2.05, 4.69) is 31.0 Å². The van der Waals surface area contributed by atoms with Crippen LogP contribution in [0.25, 0.3) is 0 Å². The lowest BCUT2D eigenvalue weighted by atomic mass is 10.0. The summed E-state index contributed by atoms with van der Waals surface area (Å²) in [7, 11) is 1.79. The van der Waals surface area contributed by atoms with Crippen molar-refractivity contribution in [2.75, 3.05) is 33.4 Å². The Labute approximate surface area is 107 Å². The minimum Gasteiger partial charge on any atom is -0.383 e. The van der Waals surface area contributed by atoms with Gasteiger partial charge in [0.15, 0.2) is 0 Å². The minimum absolute atomic E-state index is 0.674. The molecule has 0 aliphatic carbocycles. The number of methoxy groups -OCH3 is 1. The molecule has 1 heterocycles. The Bertz CT molecular complexity index is 195. The SMILES string of the molecule is CCC(CC)N(CCOC)CC1NCCC1C. The molecule has 1 N–H and O–H groups in total. The topological polar surface area (TPSA) is 24.5 Å². The normalized spacial score (nSPS) is 25.1. The Hall–Kier alpha value is -0.120. The molecule has 0 saturated carbocycles. The average Bonchev–Trinajstić information content (AvgIpc) is 2.73. The fourth-order valence-electron chi connectivity index (χ4n) is 2.83. The predicted octanol–water partition coefficient (Wildman–Crippen LogP) is 2.12. The van der Waals surface area contributed by atoms with E-state index in [-0.39, 0.29) is 0 Å². The van der Waals surface area contributed by atoms with E-state index >= 15 is 0 Å². The molecule has 3 nitrogen and oxygen atoms in total. The number of hydrogen-bond acceptors (Lipinski definition) is 3. The van der Waals surface area contributed by atoms with Gasteiger partial charge in [0.1, 0.15) is 0 Å². The van der Waals surface area contributed by atoms with Crippen molar-refractivity contribution in [3.8, 4) is 0 Å². The summed E-state index contributed by atoms with van der Waals surface area (Å²) in [6, 6.07) is 1.38. The molecule has 0 radical (unpaired) electrons. The van der Waals surface area contributed by atoms with Crippen LogP contribution in [-0.4, -0.2) is 50.3 Å². The van der Waals surface area contributed by atoms with Crippen molar-refractivity contribution in [1.29, 1.82) is 0 Å². The van der Waals surface area contributed by atoms with E-state index in [1.54, 1.807) is 7.11 Å². The zero-order valence-electron chi connectivity index (χ0n) is 12.0. The molecular formula is C14H30N2O. The molecular weight excluding hydrogens is 212 g/mol. The van der Waals surface area contributed by atoms with Gasteiger partial charge >= 0.3 is 0 Å². The van der Waals surface area contributed by atoms with Crippen molar-refractivity contribution >= 4 is 0 Å². The lowest BCUT2D eigenvalue weighted by molar-refractivity contribution is 0.104. The van der Waals surface area contributed by atoms with E-state index in [0.29, 0.717) is 12.1 Å². The highest BCUT2D eigenvalue weighted by molar-refractivity contribution is 4.85. The maximum absolute atomic E-state index is 5.24. The van der Waals surface area contributed by atoms with E-state index < -0.39 is 0 Å². The zero-order valence-corrected chi connectivity index (χ0v) is 12.0. The van der Waals surface area contributed by atoms with E-state index in [1.807, 2.05) is 0 Å². The summed E-state index contributed by atoms with van der Waals surface area (Å²) in [6.45, 7) is 11.2. The summed E-state index contributed by atoms with van der Waals surface area (Å²) in [5.41, 5.74) is 0. The van der Waals surface area contributed by atoms with Crippen LogP contribution in [0.1, 0.15) is 40.0 Å². The monoisotopic (exact) mass is 242 g/mol. The van der Waals surface area contributed by atoms with Gasteiger partial charge in [0.05, 0.1) is 6.61 Å². The fraction of sp³-hybridized carbons (Fsp3) is 1.00. The van der Waals surface area contributed by atoms with E-state index in [9.17, 15) is 0 Å². The van der Waals surface area contributed by atoms with Crippen LogP contribution in [0, 0.1) is 5.92 Å². The maximum atomic E-state index is 5.24. The van der Waals surface area contributed by atoms with Gasteiger partial charge in [-0.15, -0.1) is 0 Å². The molecule has 17 heavy (non-hydrogen) atoms. The lowest BCUT2D eigenvalue weighted by Crippen LogP contribution is -2.46. The standard InChI is InChI=1S/C14H30N2O/c1-5-13(6-2)16(9-10-17-4)11-14-12(3)7-8-15-14/h12-15H,5-11H2,1-4H3. The van der Waals surface area contributed by atoms with Crippen LogP contribution in [0.4, 0.5) is 0 Å². The van der Waals surface area contributed by atoms with Crippen LogP contribution < -0.4 is 5.32 Å². The van der Waals surface area contributed by atoms with Gasteiger partial charge in [-0.2, -0.15) is 0 Å². The van der Waals surface area contributed by atoms with Crippen molar-refractivity contribution in [2.45, 2.75) is 52.1 Å². The highest BCUT2D eigenvalue weighted by atomic mass is 16.5. The highest BCUT2D eigenvalue weighted by Gasteiger charge is 2.26. The Morgan fingerprint density at radius 3 is 2.53 bits per heavy atom. The molecule has 1 aliphatic rings. The van der Waals surface area contributed by atoms with Crippen molar-refractivity contribution in [3.63, 3.8) is 0 Å². The van der Waals surface area contributed by atoms with Crippen molar-refractivity contribution in [1.82, 2.24) is 10.2 Å². The Morgan fingerprint density at radius 2 is 2.06 bits per heavy atom. The molecule has 102 valence electrons. The molecule has 0 spiro atoms. The predicted molar refractivity (Wildman–Crippen MR) is 73.4 cm³/mol. The second kappa shape index (κ2) is 8.06. The van der Waals surface area contributed by atoms with Gasteiger partial charge in [-0.25, -0.2) is 0 Å². The van der Waals surface area contributed by atoms with Crippen LogP contribution >= 0.6 is 0 Å². The first kappa shape index (κ1) is 14.9.